The molecule has 1 aromatic carbocycles. The first-order valence-electron chi connectivity index (χ1n) is 9.52. The highest BCUT2D eigenvalue weighted by Crippen LogP contribution is 2.49. The largest absolute Gasteiger partial charge is 0.340 e. The van der Waals surface area contributed by atoms with E-state index in [1.807, 2.05) is 35.7 Å². The first kappa shape index (κ1) is 19.7. The molecule has 0 saturated heterocycles. The number of aromatic nitrogens is 4. The smallest absolute Gasteiger partial charge is 0.331 e. The number of thiazole rings is 1. The van der Waals surface area contributed by atoms with Crippen molar-refractivity contribution in [1.29, 1.82) is 0 Å². The van der Waals surface area contributed by atoms with E-state index in [0.717, 1.165) is 28.5 Å². The number of fused-ring (bicyclic) bond motifs is 3. The molecule has 3 aromatic heterocycles. The van der Waals surface area contributed by atoms with Gasteiger partial charge in [-0.2, -0.15) is 0 Å². The maximum absolute atomic E-state index is 13.3. The van der Waals surface area contributed by atoms with Crippen molar-refractivity contribution in [3.8, 4) is 11.3 Å². The Balaban J connectivity index is 1.98. The van der Waals surface area contributed by atoms with Gasteiger partial charge in [0.15, 0.2) is 0 Å². The maximum atomic E-state index is 13.3. The second-order valence-corrected chi connectivity index (χ2v) is 10.3. The summed E-state index contributed by atoms with van der Waals surface area (Å²) in [6.45, 7) is 2.91. The van der Waals surface area contributed by atoms with Crippen LogP contribution in [0.1, 0.15) is 22.9 Å². The Morgan fingerprint density at radius 1 is 1.13 bits per heavy atom. The number of rotatable bonds is 2. The van der Waals surface area contributed by atoms with Crippen LogP contribution >= 0.6 is 34.7 Å². The maximum Gasteiger partial charge on any atom is 0.331 e. The summed E-state index contributed by atoms with van der Waals surface area (Å²) in [4.78, 5) is 30.7. The fourth-order valence-corrected chi connectivity index (χ4v) is 6.75. The Morgan fingerprint density at radius 2 is 1.87 bits per heavy atom. The van der Waals surface area contributed by atoms with Crippen molar-refractivity contribution in [2.24, 2.45) is 14.1 Å². The predicted molar refractivity (Wildman–Crippen MR) is 124 cm³/mol. The molecule has 0 fully saturated rings. The van der Waals surface area contributed by atoms with Gasteiger partial charge in [-0.15, -0.1) is 23.1 Å². The van der Waals surface area contributed by atoms with Crippen molar-refractivity contribution in [2.75, 3.05) is 0 Å². The van der Waals surface area contributed by atoms with Gasteiger partial charge in [-0.05, 0) is 5.56 Å². The van der Waals surface area contributed by atoms with Gasteiger partial charge in [-0.25, -0.2) is 9.78 Å². The highest BCUT2D eigenvalue weighted by Gasteiger charge is 2.36. The van der Waals surface area contributed by atoms with Gasteiger partial charge in [0.2, 0.25) is 0 Å². The number of thioether (sulfide) groups is 1. The molecule has 30 heavy (non-hydrogen) atoms. The van der Waals surface area contributed by atoms with Crippen molar-refractivity contribution in [1.82, 2.24) is 18.7 Å². The third-order valence-corrected chi connectivity index (χ3v) is 8.24. The second kappa shape index (κ2) is 7.14. The Bertz CT molecular complexity index is 1400. The second-order valence-electron chi connectivity index (χ2n) is 7.48. The van der Waals surface area contributed by atoms with Crippen LogP contribution in [0.4, 0.5) is 0 Å². The summed E-state index contributed by atoms with van der Waals surface area (Å²) in [5.41, 5.74) is 2.83. The van der Waals surface area contributed by atoms with Gasteiger partial charge < -0.3 is 4.57 Å². The van der Waals surface area contributed by atoms with Crippen LogP contribution in [0.5, 0.6) is 0 Å². The van der Waals surface area contributed by atoms with Gasteiger partial charge in [0.25, 0.3) is 5.56 Å². The van der Waals surface area contributed by atoms with E-state index in [1.54, 1.807) is 23.4 Å². The minimum atomic E-state index is -0.333. The van der Waals surface area contributed by atoms with Crippen molar-refractivity contribution in [3.63, 3.8) is 0 Å². The molecule has 5 rings (SSSR count). The summed E-state index contributed by atoms with van der Waals surface area (Å²) in [7, 11) is 3.26. The molecule has 1 aliphatic rings. The van der Waals surface area contributed by atoms with Gasteiger partial charge in [0, 0.05) is 31.3 Å². The number of aryl methyl sites for hydroxylation is 1. The topological polar surface area (TPSA) is 61.8 Å². The molecule has 0 spiro atoms. The molecular weight excluding hydrogens is 440 g/mol. The lowest BCUT2D eigenvalue weighted by atomic mass is 10.1. The number of benzene rings is 1. The van der Waals surface area contributed by atoms with E-state index in [0.29, 0.717) is 21.3 Å². The molecule has 0 bridgehead atoms. The fourth-order valence-electron chi connectivity index (χ4n) is 4.25. The zero-order valence-electron chi connectivity index (χ0n) is 16.6. The first-order chi connectivity index (χ1) is 14.4. The molecule has 6 nitrogen and oxygen atoms in total. The van der Waals surface area contributed by atoms with E-state index >= 15 is 0 Å². The van der Waals surface area contributed by atoms with Gasteiger partial charge >= 0.3 is 5.69 Å². The van der Waals surface area contributed by atoms with E-state index in [-0.39, 0.29) is 16.5 Å². The van der Waals surface area contributed by atoms with E-state index in [1.165, 1.54) is 23.0 Å². The van der Waals surface area contributed by atoms with Crippen LogP contribution in [0.2, 0.25) is 5.15 Å². The molecule has 0 aliphatic carbocycles. The van der Waals surface area contributed by atoms with Crippen LogP contribution in [0, 0.1) is 0 Å². The molecule has 0 N–H and O–H groups in total. The third-order valence-electron chi connectivity index (χ3n) is 5.53. The average Bonchev–Trinajstić information content (AvgIpc) is 3.32. The lowest BCUT2D eigenvalue weighted by Crippen LogP contribution is -2.37. The fraction of sp³-hybridized carbons (Fsp3) is 0.286. The number of hydrogen-bond donors (Lipinski definition) is 0. The highest BCUT2D eigenvalue weighted by molar-refractivity contribution is 8.00. The van der Waals surface area contributed by atoms with Crippen LogP contribution < -0.4 is 11.2 Å². The van der Waals surface area contributed by atoms with Crippen LogP contribution in [-0.4, -0.2) is 23.9 Å². The van der Waals surface area contributed by atoms with Crippen LogP contribution in [0.25, 0.3) is 22.2 Å². The van der Waals surface area contributed by atoms with Crippen LogP contribution in [0.3, 0.4) is 0 Å². The minimum absolute atomic E-state index is 0.107. The van der Waals surface area contributed by atoms with Crippen molar-refractivity contribution in [3.05, 3.63) is 72.4 Å². The molecule has 154 valence electrons. The van der Waals surface area contributed by atoms with Crippen molar-refractivity contribution in [2.45, 2.75) is 24.0 Å². The number of halogens is 1. The van der Waals surface area contributed by atoms with Crippen molar-refractivity contribution >= 4 is 45.6 Å². The van der Waals surface area contributed by atoms with Gasteiger partial charge in [0.1, 0.15) is 10.2 Å². The summed E-state index contributed by atoms with van der Waals surface area (Å²) in [5.74, 6) is 0. The summed E-state index contributed by atoms with van der Waals surface area (Å²) in [6, 6.07) is 9.90. The Hall–Kier alpha value is -2.29. The van der Waals surface area contributed by atoms with E-state index in [9.17, 15) is 9.59 Å². The first-order valence-corrected chi connectivity index (χ1v) is 11.7. The number of hydrogen-bond acceptors (Lipinski definition) is 5. The monoisotopic (exact) mass is 458 g/mol. The molecular formula is C21H19ClN4O2S2. The standard InChI is InChI=1S/C21H19ClN4O2S2/c1-11-9-26-15(12-7-5-4-6-8-12)14-16(24(2)21(28)25(3)20(14)27)17(26)18(30-11)19-23-13(22)10-29-19/h4-8,10-11,18H,9H2,1-3H3/t11-,18?/m0/s1. The average molecular weight is 459 g/mol. The predicted octanol–water partition coefficient (Wildman–Crippen LogP) is 4.04. The SMILES string of the molecule is C[C@H]1Cn2c(-c3ccccc3)c3c(=O)n(C)c(=O)n(C)c3c2C(c2nc(Cl)cs2)S1. The van der Waals surface area contributed by atoms with Crippen LogP contribution in [0.15, 0.2) is 45.3 Å². The Morgan fingerprint density at radius 3 is 2.53 bits per heavy atom. The Kier molecular flexibility index (Phi) is 4.68. The van der Waals surface area contributed by atoms with E-state index in [4.69, 9.17) is 11.6 Å². The third kappa shape index (κ3) is 2.81. The van der Waals surface area contributed by atoms with Gasteiger partial charge in [-0.1, -0.05) is 48.9 Å². The normalized spacial score (nSPS) is 18.7. The number of nitrogens with zero attached hydrogens (tertiary/aromatic N) is 4. The zero-order chi connectivity index (χ0) is 21.2. The molecule has 2 atom stereocenters. The minimum Gasteiger partial charge on any atom is -0.340 e. The molecule has 4 aromatic rings. The van der Waals surface area contributed by atoms with E-state index < -0.39 is 0 Å². The molecule has 1 aliphatic heterocycles. The van der Waals surface area contributed by atoms with Crippen LogP contribution in [-0.2, 0) is 20.6 Å². The lowest BCUT2D eigenvalue weighted by molar-refractivity contribution is 0.648. The summed E-state index contributed by atoms with van der Waals surface area (Å²) in [5, 5.41) is 3.93. The van der Waals surface area contributed by atoms with Gasteiger partial charge in [-0.3, -0.25) is 13.9 Å². The summed E-state index contributed by atoms with van der Waals surface area (Å²) in [6.07, 6.45) is 0. The van der Waals surface area contributed by atoms with Crippen molar-refractivity contribution < 1.29 is 0 Å². The molecule has 0 amide bonds. The summed E-state index contributed by atoms with van der Waals surface area (Å²) < 4.78 is 4.99. The quantitative estimate of drug-likeness (QED) is 0.455. The molecule has 9 heteroatoms. The Labute approximate surface area is 185 Å². The van der Waals surface area contributed by atoms with Gasteiger partial charge in [0.05, 0.1) is 27.5 Å². The zero-order valence-corrected chi connectivity index (χ0v) is 19.0. The highest BCUT2D eigenvalue weighted by atomic mass is 35.5. The molecule has 0 radical (unpaired) electrons. The summed E-state index contributed by atoms with van der Waals surface area (Å²) >= 11 is 9.43. The molecule has 0 saturated carbocycles. The molecule has 1 unspecified atom stereocenters. The molecule has 4 heterocycles. The van der Waals surface area contributed by atoms with E-state index in [2.05, 4.69) is 16.5 Å². The lowest BCUT2D eigenvalue weighted by Gasteiger charge is -2.29.